The molecule has 0 atom stereocenters. The van der Waals surface area contributed by atoms with E-state index in [2.05, 4.69) is 28.9 Å². The van der Waals surface area contributed by atoms with Crippen molar-refractivity contribution in [2.45, 2.75) is 33.7 Å². The number of amides is 1. The summed E-state index contributed by atoms with van der Waals surface area (Å²) in [5, 5.41) is 15.6. The number of thiophene rings is 1. The lowest BCUT2D eigenvalue weighted by atomic mass is 10.2. The van der Waals surface area contributed by atoms with Crippen molar-refractivity contribution in [1.82, 2.24) is 9.99 Å². The average molecular weight is 384 g/mol. The third-order valence-corrected chi connectivity index (χ3v) is 5.46. The fraction of sp³-hybridized carbons (Fsp3) is 0.263. The third-order valence-electron chi connectivity index (χ3n) is 4.34. The summed E-state index contributed by atoms with van der Waals surface area (Å²) < 4.78 is 3.03. The van der Waals surface area contributed by atoms with Gasteiger partial charge in [-0.25, -0.2) is 5.43 Å². The number of nitrogens with zero attached hydrogens (tertiary/aromatic N) is 3. The monoisotopic (exact) mass is 384 g/mol. The van der Waals surface area contributed by atoms with Crippen molar-refractivity contribution in [2.75, 3.05) is 0 Å². The number of fused-ring (bicyclic) bond motifs is 1. The summed E-state index contributed by atoms with van der Waals surface area (Å²) in [6.07, 6.45) is 1.64. The fourth-order valence-electron chi connectivity index (χ4n) is 3.20. The van der Waals surface area contributed by atoms with Gasteiger partial charge in [0.15, 0.2) is 0 Å². The predicted molar refractivity (Wildman–Crippen MR) is 108 cm³/mol. The summed E-state index contributed by atoms with van der Waals surface area (Å²) in [5.74, 6) is -0.340. The standard InChI is InChI=1S/C19H20N4O3S/c1-11(2)22-12(3)7-15(13(22)4)10-20-21-19(24)18-9-14-8-16(23(25)26)5-6-17(14)27-18/h5-11H,1-4H3,(H,21,24). The molecule has 0 fully saturated rings. The van der Waals surface area contributed by atoms with E-state index < -0.39 is 4.92 Å². The van der Waals surface area contributed by atoms with E-state index in [1.165, 1.54) is 23.5 Å². The molecule has 0 saturated heterocycles. The predicted octanol–water partition coefficient (Wildman–Crippen LogP) is 4.57. The Kier molecular flexibility index (Phi) is 5.09. The first-order valence-corrected chi connectivity index (χ1v) is 9.29. The number of hydrogen-bond donors (Lipinski definition) is 1. The Hall–Kier alpha value is -3.00. The van der Waals surface area contributed by atoms with Crippen molar-refractivity contribution in [3.8, 4) is 0 Å². The van der Waals surface area contributed by atoms with Gasteiger partial charge in [-0.1, -0.05) is 0 Å². The van der Waals surface area contributed by atoms with E-state index in [-0.39, 0.29) is 11.6 Å². The summed E-state index contributed by atoms with van der Waals surface area (Å²) in [5.41, 5.74) is 5.72. The average Bonchev–Trinajstić information content (AvgIpc) is 3.14. The maximum absolute atomic E-state index is 12.3. The van der Waals surface area contributed by atoms with Gasteiger partial charge in [0.1, 0.15) is 0 Å². The number of carbonyl (C=O) groups excluding carboxylic acids is 1. The highest BCUT2D eigenvalue weighted by molar-refractivity contribution is 7.20. The molecule has 0 bridgehead atoms. The van der Waals surface area contributed by atoms with Gasteiger partial charge in [0, 0.05) is 45.2 Å². The quantitative estimate of drug-likeness (QED) is 0.397. The normalized spacial score (nSPS) is 11.6. The number of nitrogens with one attached hydrogen (secondary N) is 1. The lowest BCUT2D eigenvalue weighted by Crippen LogP contribution is -2.16. The number of nitro benzene ring substituents is 1. The maximum Gasteiger partial charge on any atom is 0.281 e. The Morgan fingerprint density at radius 2 is 2.04 bits per heavy atom. The van der Waals surface area contributed by atoms with Crippen LogP contribution in [-0.2, 0) is 0 Å². The Balaban J connectivity index is 1.76. The minimum atomic E-state index is -0.450. The number of carbonyl (C=O) groups is 1. The first-order valence-electron chi connectivity index (χ1n) is 8.47. The van der Waals surface area contributed by atoms with Crippen LogP contribution in [0.15, 0.2) is 35.4 Å². The first kappa shape index (κ1) is 18.8. The van der Waals surface area contributed by atoms with Crippen molar-refractivity contribution >= 4 is 39.2 Å². The lowest BCUT2D eigenvalue weighted by Gasteiger charge is -2.13. The van der Waals surface area contributed by atoms with Crippen molar-refractivity contribution in [1.29, 1.82) is 0 Å². The van der Waals surface area contributed by atoms with Gasteiger partial charge in [-0.15, -0.1) is 11.3 Å². The summed E-state index contributed by atoms with van der Waals surface area (Å²) in [6, 6.07) is 8.57. The smallest absolute Gasteiger partial charge is 0.281 e. The van der Waals surface area contributed by atoms with E-state index in [9.17, 15) is 14.9 Å². The van der Waals surface area contributed by atoms with Crippen LogP contribution in [0.1, 0.15) is 46.5 Å². The maximum atomic E-state index is 12.3. The Labute approximate surface area is 160 Å². The number of rotatable bonds is 5. The molecule has 2 aromatic heterocycles. The van der Waals surface area contributed by atoms with Crippen LogP contribution in [0.3, 0.4) is 0 Å². The molecule has 0 aliphatic rings. The zero-order chi connectivity index (χ0) is 19.7. The van der Waals surface area contributed by atoms with Crippen LogP contribution < -0.4 is 5.43 Å². The van der Waals surface area contributed by atoms with Gasteiger partial charge in [-0.3, -0.25) is 14.9 Å². The molecule has 0 aliphatic heterocycles. The van der Waals surface area contributed by atoms with Crippen LogP contribution in [0.4, 0.5) is 5.69 Å². The van der Waals surface area contributed by atoms with Gasteiger partial charge in [0.25, 0.3) is 11.6 Å². The molecule has 8 heteroatoms. The number of benzene rings is 1. The van der Waals surface area contributed by atoms with Gasteiger partial charge in [0.2, 0.25) is 0 Å². The molecule has 1 aromatic carbocycles. The van der Waals surface area contributed by atoms with Gasteiger partial charge in [-0.05, 0) is 45.9 Å². The van der Waals surface area contributed by atoms with E-state index >= 15 is 0 Å². The molecule has 2 heterocycles. The molecular formula is C19H20N4O3S. The third kappa shape index (κ3) is 3.75. The molecule has 27 heavy (non-hydrogen) atoms. The molecule has 0 radical (unpaired) electrons. The highest BCUT2D eigenvalue weighted by atomic mass is 32.1. The molecule has 0 spiro atoms. The van der Waals surface area contributed by atoms with Crippen LogP contribution in [-0.4, -0.2) is 21.6 Å². The van der Waals surface area contributed by atoms with Crippen LogP contribution in [0, 0.1) is 24.0 Å². The largest absolute Gasteiger partial charge is 0.346 e. The lowest BCUT2D eigenvalue weighted by molar-refractivity contribution is -0.384. The topological polar surface area (TPSA) is 89.5 Å². The second-order valence-electron chi connectivity index (χ2n) is 6.58. The molecule has 3 aromatic rings. The molecule has 0 unspecified atom stereocenters. The highest BCUT2D eigenvalue weighted by Crippen LogP contribution is 2.28. The number of nitro groups is 1. The number of non-ortho nitro benzene ring substituents is 1. The molecule has 1 amide bonds. The van der Waals surface area contributed by atoms with Gasteiger partial charge >= 0.3 is 0 Å². The Morgan fingerprint density at radius 3 is 2.67 bits per heavy atom. The van der Waals surface area contributed by atoms with Crippen molar-refractivity contribution < 1.29 is 9.72 Å². The van der Waals surface area contributed by atoms with Crippen molar-refractivity contribution in [2.24, 2.45) is 5.10 Å². The zero-order valence-corrected chi connectivity index (χ0v) is 16.3. The summed E-state index contributed by atoms with van der Waals surface area (Å²) in [6.45, 7) is 8.30. The van der Waals surface area contributed by atoms with Gasteiger partial charge in [0.05, 0.1) is 16.0 Å². The van der Waals surface area contributed by atoms with Gasteiger partial charge in [-0.2, -0.15) is 5.10 Å². The molecule has 1 N–H and O–H groups in total. The van der Waals surface area contributed by atoms with Crippen molar-refractivity contribution in [3.05, 3.63) is 62.3 Å². The van der Waals surface area contributed by atoms with E-state index in [1.807, 2.05) is 19.9 Å². The van der Waals surface area contributed by atoms with E-state index in [0.717, 1.165) is 21.7 Å². The van der Waals surface area contributed by atoms with E-state index in [4.69, 9.17) is 0 Å². The Morgan fingerprint density at radius 1 is 1.30 bits per heavy atom. The summed E-state index contributed by atoms with van der Waals surface area (Å²) >= 11 is 1.27. The minimum Gasteiger partial charge on any atom is -0.346 e. The van der Waals surface area contributed by atoms with Crippen LogP contribution in [0.25, 0.3) is 10.1 Å². The van der Waals surface area contributed by atoms with Crippen LogP contribution in [0.2, 0.25) is 0 Å². The minimum absolute atomic E-state index is 0.00536. The highest BCUT2D eigenvalue weighted by Gasteiger charge is 2.13. The molecule has 0 aliphatic carbocycles. The Bertz CT molecular complexity index is 1060. The number of hydrogen-bond acceptors (Lipinski definition) is 5. The second kappa shape index (κ2) is 7.32. The molecule has 3 rings (SSSR count). The SMILES string of the molecule is Cc1cc(C=NNC(=O)c2cc3cc([N+](=O)[O-])ccc3s2)c(C)n1C(C)C. The summed E-state index contributed by atoms with van der Waals surface area (Å²) in [4.78, 5) is 23.2. The first-order chi connectivity index (χ1) is 12.8. The number of aromatic nitrogens is 1. The van der Waals surface area contributed by atoms with Crippen LogP contribution >= 0.6 is 11.3 Å². The second-order valence-corrected chi connectivity index (χ2v) is 7.66. The van der Waals surface area contributed by atoms with Crippen LogP contribution in [0.5, 0.6) is 0 Å². The van der Waals surface area contributed by atoms with Gasteiger partial charge < -0.3 is 4.57 Å². The molecule has 7 nitrogen and oxygen atoms in total. The number of hydrazone groups is 1. The molecule has 140 valence electrons. The molecular weight excluding hydrogens is 364 g/mol. The van der Waals surface area contributed by atoms with Crippen molar-refractivity contribution in [3.63, 3.8) is 0 Å². The zero-order valence-electron chi connectivity index (χ0n) is 15.5. The summed E-state index contributed by atoms with van der Waals surface area (Å²) in [7, 11) is 0. The molecule has 0 saturated carbocycles. The fourth-order valence-corrected chi connectivity index (χ4v) is 4.13. The van der Waals surface area contributed by atoms with E-state index in [1.54, 1.807) is 18.3 Å². The number of aryl methyl sites for hydroxylation is 1. The van der Waals surface area contributed by atoms with E-state index in [0.29, 0.717) is 16.3 Å².